The second kappa shape index (κ2) is 8.85. The van der Waals surface area contributed by atoms with Gasteiger partial charge in [-0.3, -0.25) is 9.59 Å². The van der Waals surface area contributed by atoms with Crippen LogP contribution >= 0.6 is 0 Å². The number of carbonyl (C=O) groups is 2. The molecule has 5 nitrogen and oxygen atoms in total. The number of carbonyl (C=O) groups excluding carboxylic acids is 2. The van der Waals surface area contributed by atoms with Crippen LogP contribution < -0.4 is 5.32 Å². The minimum atomic E-state index is -0.628. The van der Waals surface area contributed by atoms with Gasteiger partial charge in [0.05, 0.1) is 6.10 Å². The van der Waals surface area contributed by atoms with Crippen LogP contribution in [0, 0.1) is 11.8 Å². The van der Waals surface area contributed by atoms with E-state index in [0.717, 1.165) is 38.5 Å². The van der Waals surface area contributed by atoms with E-state index in [4.69, 9.17) is 0 Å². The molecule has 1 heterocycles. The maximum atomic E-state index is 12.8. The first-order valence-corrected chi connectivity index (χ1v) is 9.86. The molecule has 2 N–H and O–H groups in total. The highest BCUT2D eigenvalue weighted by molar-refractivity contribution is 5.89. The van der Waals surface area contributed by atoms with Gasteiger partial charge in [-0.25, -0.2) is 0 Å². The summed E-state index contributed by atoms with van der Waals surface area (Å²) in [6.07, 6.45) is 9.34. The van der Waals surface area contributed by atoms with Gasteiger partial charge < -0.3 is 15.3 Å². The number of allylic oxidation sites excluding steroid dienone is 1. The molecule has 146 valence electrons. The molecule has 2 fully saturated rings. The van der Waals surface area contributed by atoms with Gasteiger partial charge in [0.25, 0.3) is 0 Å². The van der Waals surface area contributed by atoms with Gasteiger partial charge in [-0.15, -0.1) is 13.2 Å². The molecular weight excluding hydrogens is 328 g/mol. The molecule has 0 bridgehead atoms. The fourth-order valence-corrected chi connectivity index (χ4v) is 3.88. The van der Waals surface area contributed by atoms with Crippen LogP contribution in [0.3, 0.4) is 0 Å². The molecule has 2 amide bonds. The number of hydrogen-bond donors (Lipinski definition) is 2. The Morgan fingerprint density at radius 2 is 2.08 bits per heavy atom. The Kier molecular flexibility index (Phi) is 7.04. The smallest absolute Gasteiger partial charge is 0.243 e. The van der Waals surface area contributed by atoms with Gasteiger partial charge in [0.1, 0.15) is 6.04 Å². The molecule has 0 aromatic rings. The largest absolute Gasteiger partial charge is 0.391 e. The minimum Gasteiger partial charge on any atom is -0.391 e. The zero-order valence-electron chi connectivity index (χ0n) is 16.2. The van der Waals surface area contributed by atoms with Gasteiger partial charge in [-0.1, -0.05) is 31.9 Å². The summed E-state index contributed by atoms with van der Waals surface area (Å²) >= 11 is 0. The fourth-order valence-electron chi connectivity index (χ4n) is 3.88. The van der Waals surface area contributed by atoms with Gasteiger partial charge in [0.2, 0.25) is 11.8 Å². The summed E-state index contributed by atoms with van der Waals surface area (Å²) in [6.45, 7) is 11.7. The molecule has 1 saturated heterocycles. The Bertz CT molecular complexity index is 547. The van der Waals surface area contributed by atoms with E-state index >= 15 is 0 Å². The molecule has 5 atom stereocenters. The van der Waals surface area contributed by atoms with E-state index in [1.54, 1.807) is 4.90 Å². The van der Waals surface area contributed by atoms with Crippen molar-refractivity contribution in [3.63, 3.8) is 0 Å². The average Bonchev–Trinajstić information content (AvgIpc) is 3.08. The first-order chi connectivity index (χ1) is 12.3. The van der Waals surface area contributed by atoms with Crippen molar-refractivity contribution in [1.29, 1.82) is 0 Å². The summed E-state index contributed by atoms with van der Waals surface area (Å²) in [6, 6.07) is -0.566. The number of likely N-dealkylation sites (tertiary alicyclic amines) is 1. The third-order valence-electron chi connectivity index (χ3n) is 5.83. The van der Waals surface area contributed by atoms with Crippen LogP contribution in [-0.4, -0.2) is 46.1 Å². The molecule has 26 heavy (non-hydrogen) atoms. The monoisotopic (exact) mass is 362 g/mol. The third-order valence-corrected chi connectivity index (χ3v) is 5.83. The molecule has 0 aromatic heterocycles. The second-order valence-electron chi connectivity index (χ2n) is 8.18. The van der Waals surface area contributed by atoms with Crippen LogP contribution in [0.25, 0.3) is 0 Å². The van der Waals surface area contributed by atoms with Crippen molar-refractivity contribution in [2.24, 2.45) is 11.8 Å². The number of aliphatic hydroxyl groups excluding tert-OH is 1. The minimum absolute atomic E-state index is 0.0216. The lowest BCUT2D eigenvalue weighted by atomic mass is 10.0. The predicted octanol–water partition coefficient (Wildman–Crippen LogP) is 2.80. The Labute approximate surface area is 157 Å². The zero-order chi connectivity index (χ0) is 19.3. The number of hydrogen-bond acceptors (Lipinski definition) is 3. The highest BCUT2D eigenvalue weighted by Crippen LogP contribution is 2.44. The molecular formula is C21H34N2O3. The van der Waals surface area contributed by atoms with E-state index in [-0.39, 0.29) is 35.7 Å². The molecule has 2 aliphatic rings. The maximum Gasteiger partial charge on any atom is 0.243 e. The van der Waals surface area contributed by atoms with Crippen LogP contribution in [0.5, 0.6) is 0 Å². The number of rotatable bonds is 10. The highest BCUT2D eigenvalue weighted by Gasteiger charge is 2.51. The van der Waals surface area contributed by atoms with Gasteiger partial charge in [-0.2, -0.15) is 0 Å². The number of amides is 2. The Morgan fingerprint density at radius 3 is 2.69 bits per heavy atom. The number of nitrogens with zero attached hydrogens (tertiary/aromatic N) is 1. The van der Waals surface area contributed by atoms with Crippen LogP contribution in [0.4, 0.5) is 0 Å². The average molecular weight is 363 g/mol. The lowest BCUT2D eigenvalue weighted by molar-refractivity contribution is -0.141. The van der Waals surface area contributed by atoms with Crippen LogP contribution in [0.15, 0.2) is 25.3 Å². The van der Waals surface area contributed by atoms with Crippen LogP contribution in [-0.2, 0) is 9.59 Å². The number of β-amino-alcohol motifs (C(OH)–C–C–N with tert-alkyl or cyclic N) is 1. The van der Waals surface area contributed by atoms with E-state index in [2.05, 4.69) is 18.5 Å². The number of unbranched alkanes of at least 4 members (excludes halogenated alkanes) is 3. The Hall–Kier alpha value is -1.62. The van der Waals surface area contributed by atoms with E-state index in [1.807, 2.05) is 26.0 Å². The molecule has 1 aliphatic carbocycles. The topological polar surface area (TPSA) is 69.6 Å². The summed E-state index contributed by atoms with van der Waals surface area (Å²) in [5.74, 6) is -0.0141. The quantitative estimate of drug-likeness (QED) is 0.464. The first-order valence-electron chi connectivity index (χ1n) is 9.86. The summed E-state index contributed by atoms with van der Waals surface area (Å²) in [4.78, 5) is 27.1. The second-order valence-corrected chi connectivity index (χ2v) is 8.18. The van der Waals surface area contributed by atoms with Crippen molar-refractivity contribution in [2.45, 2.75) is 76.5 Å². The van der Waals surface area contributed by atoms with Gasteiger partial charge >= 0.3 is 0 Å². The molecule has 2 rings (SSSR count). The van der Waals surface area contributed by atoms with Crippen LogP contribution in [0.2, 0.25) is 0 Å². The summed E-state index contributed by atoms with van der Waals surface area (Å²) in [5, 5.41) is 13.1. The Morgan fingerprint density at radius 1 is 1.35 bits per heavy atom. The number of nitrogens with one attached hydrogen (secondary N) is 1. The lowest BCUT2D eigenvalue weighted by Gasteiger charge is -2.28. The normalized spacial score (nSPS) is 31.3. The predicted molar refractivity (Wildman–Crippen MR) is 103 cm³/mol. The molecule has 0 aromatic carbocycles. The van der Waals surface area contributed by atoms with E-state index in [9.17, 15) is 14.7 Å². The fraction of sp³-hybridized carbons (Fsp3) is 0.714. The van der Waals surface area contributed by atoms with Crippen molar-refractivity contribution in [2.75, 3.05) is 6.54 Å². The van der Waals surface area contributed by atoms with Crippen molar-refractivity contribution in [3.05, 3.63) is 25.3 Å². The van der Waals surface area contributed by atoms with Crippen molar-refractivity contribution in [1.82, 2.24) is 10.2 Å². The van der Waals surface area contributed by atoms with E-state index in [1.165, 1.54) is 0 Å². The van der Waals surface area contributed by atoms with Crippen LogP contribution in [0.1, 0.15) is 58.8 Å². The molecule has 1 saturated carbocycles. The molecule has 1 aliphatic heterocycles. The van der Waals surface area contributed by atoms with E-state index in [0.29, 0.717) is 6.42 Å². The molecule has 5 heteroatoms. The first kappa shape index (κ1) is 20.7. The van der Waals surface area contributed by atoms with Gasteiger partial charge in [0, 0.05) is 30.3 Å². The molecule has 5 unspecified atom stereocenters. The summed E-state index contributed by atoms with van der Waals surface area (Å²) < 4.78 is 0. The molecule has 0 spiro atoms. The Balaban J connectivity index is 1.89. The van der Waals surface area contributed by atoms with Gasteiger partial charge in [0.15, 0.2) is 0 Å². The lowest BCUT2D eigenvalue weighted by Crippen LogP contribution is -2.50. The van der Waals surface area contributed by atoms with Crippen molar-refractivity contribution < 1.29 is 14.7 Å². The van der Waals surface area contributed by atoms with E-state index < -0.39 is 12.1 Å². The molecule has 0 radical (unpaired) electrons. The highest BCUT2D eigenvalue weighted by atomic mass is 16.3. The van der Waals surface area contributed by atoms with Crippen molar-refractivity contribution >= 4 is 11.8 Å². The SMILES string of the molecule is C=CCCCCCC(C)C(=O)N1CC(O)CC1C(=O)NC1(C)CC1C=C. The zero-order valence-corrected chi connectivity index (χ0v) is 16.2. The van der Waals surface area contributed by atoms with Gasteiger partial charge in [-0.05, 0) is 32.6 Å². The maximum absolute atomic E-state index is 12.8. The van der Waals surface area contributed by atoms with Crippen molar-refractivity contribution in [3.8, 4) is 0 Å². The summed E-state index contributed by atoms with van der Waals surface area (Å²) in [5.41, 5.74) is -0.252. The third kappa shape index (κ3) is 4.97. The standard InChI is InChI=1S/C21H34N2O3/c1-5-7-8-9-10-11-15(3)20(26)23-14-17(24)12-18(23)19(25)22-21(4)13-16(21)6-2/h5-6,15-18,24H,1-2,7-14H2,3-4H3,(H,22,25). The summed E-state index contributed by atoms with van der Waals surface area (Å²) in [7, 11) is 0. The number of aliphatic hydroxyl groups is 1.